The molecule has 0 atom stereocenters. The summed E-state index contributed by atoms with van der Waals surface area (Å²) >= 11 is 12.1. The third-order valence-electron chi connectivity index (χ3n) is 5.07. The van der Waals surface area contributed by atoms with Crippen LogP contribution < -0.4 is 5.43 Å². The first kappa shape index (κ1) is 23.8. The van der Waals surface area contributed by atoms with Crippen LogP contribution in [0.25, 0.3) is 22.3 Å². The molecular formula is C25H24Cl2O5. The van der Waals surface area contributed by atoms with Crippen molar-refractivity contribution in [1.29, 1.82) is 0 Å². The van der Waals surface area contributed by atoms with Crippen molar-refractivity contribution in [3.05, 3.63) is 72.9 Å². The summed E-state index contributed by atoms with van der Waals surface area (Å²) in [5, 5.41) is 32.9. The molecule has 3 aromatic rings. The van der Waals surface area contributed by atoms with Gasteiger partial charge in [-0.1, -0.05) is 46.5 Å². The Hall–Kier alpha value is -2.89. The molecular weight excluding hydrogens is 451 g/mol. The van der Waals surface area contributed by atoms with Crippen LogP contribution in [0.4, 0.5) is 0 Å². The van der Waals surface area contributed by atoms with Crippen molar-refractivity contribution in [1.82, 2.24) is 0 Å². The summed E-state index contributed by atoms with van der Waals surface area (Å²) in [6.45, 7) is 7.60. The summed E-state index contributed by atoms with van der Waals surface area (Å²) in [6.07, 6.45) is 4.19. The average Bonchev–Trinajstić information content (AvgIpc) is 2.71. The average molecular weight is 475 g/mol. The Balaban J connectivity index is 2.43. The number of hydrogen-bond acceptors (Lipinski definition) is 5. The van der Waals surface area contributed by atoms with Crippen LogP contribution in [0.15, 0.2) is 50.7 Å². The molecule has 32 heavy (non-hydrogen) atoms. The summed E-state index contributed by atoms with van der Waals surface area (Å²) in [7, 11) is 0. The molecule has 0 bridgehead atoms. The maximum absolute atomic E-state index is 13.1. The maximum atomic E-state index is 13.1. The highest BCUT2D eigenvalue weighted by molar-refractivity contribution is 6.42. The number of halogens is 2. The molecule has 5 nitrogen and oxygen atoms in total. The van der Waals surface area contributed by atoms with Gasteiger partial charge in [0.25, 0.3) is 0 Å². The molecule has 168 valence electrons. The van der Waals surface area contributed by atoms with Crippen molar-refractivity contribution >= 4 is 34.2 Å². The van der Waals surface area contributed by atoms with E-state index in [4.69, 9.17) is 27.6 Å². The first-order chi connectivity index (χ1) is 15.0. The predicted molar refractivity (Wildman–Crippen MR) is 129 cm³/mol. The predicted octanol–water partition coefficient (Wildman–Crippen LogP) is 6.90. The van der Waals surface area contributed by atoms with Crippen LogP contribution in [-0.2, 0) is 12.8 Å². The van der Waals surface area contributed by atoms with E-state index < -0.39 is 16.9 Å². The molecule has 0 saturated carbocycles. The molecule has 0 fully saturated rings. The zero-order valence-corrected chi connectivity index (χ0v) is 19.7. The first-order valence-electron chi connectivity index (χ1n) is 10.0. The fourth-order valence-electron chi connectivity index (χ4n) is 3.33. The van der Waals surface area contributed by atoms with Gasteiger partial charge in [-0.25, -0.2) is 0 Å². The number of benzene rings is 2. The highest BCUT2D eigenvalue weighted by atomic mass is 35.5. The molecule has 0 aliphatic carbocycles. The van der Waals surface area contributed by atoms with Gasteiger partial charge in [0.2, 0.25) is 11.2 Å². The Morgan fingerprint density at radius 3 is 2.03 bits per heavy atom. The van der Waals surface area contributed by atoms with E-state index in [-0.39, 0.29) is 45.9 Å². The summed E-state index contributed by atoms with van der Waals surface area (Å²) in [6, 6.07) is 4.54. The van der Waals surface area contributed by atoms with Crippen LogP contribution in [0, 0.1) is 0 Å². The van der Waals surface area contributed by atoms with Gasteiger partial charge in [0, 0.05) is 16.7 Å². The number of allylic oxidation sites excluding steroid dienone is 4. The van der Waals surface area contributed by atoms with E-state index in [1.165, 1.54) is 12.1 Å². The lowest BCUT2D eigenvalue weighted by atomic mass is 9.96. The molecule has 0 radical (unpaired) electrons. The number of fused-ring (bicyclic) bond motifs is 1. The quantitative estimate of drug-likeness (QED) is 0.349. The van der Waals surface area contributed by atoms with Crippen LogP contribution in [0.3, 0.4) is 0 Å². The topological polar surface area (TPSA) is 90.9 Å². The van der Waals surface area contributed by atoms with Crippen LogP contribution in [0.1, 0.15) is 38.8 Å². The molecule has 2 aromatic carbocycles. The number of phenols is 2. The third-order valence-corrected chi connectivity index (χ3v) is 5.81. The fourth-order valence-corrected chi connectivity index (χ4v) is 3.63. The van der Waals surface area contributed by atoms with Crippen molar-refractivity contribution in [2.75, 3.05) is 0 Å². The number of aromatic hydroxyl groups is 3. The normalized spacial score (nSPS) is 10.9. The summed E-state index contributed by atoms with van der Waals surface area (Å²) in [4.78, 5) is 13.1. The maximum Gasteiger partial charge on any atom is 0.238 e. The molecule has 0 unspecified atom stereocenters. The summed E-state index contributed by atoms with van der Waals surface area (Å²) < 4.78 is 5.94. The van der Waals surface area contributed by atoms with Gasteiger partial charge in [-0.3, -0.25) is 4.79 Å². The monoisotopic (exact) mass is 474 g/mol. The minimum absolute atomic E-state index is 0.00215. The lowest BCUT2D eigenvalue weighted by Crippen LogP contribution is -2.07. The second-order valence-corrected chi connectivity index (χ2v) is 8.88. The van der Waals surface area contributed by atoms with Crippen LogP contribution in [-0.4, -0.2) is 15.3 Å². The SMILES string of the molecule is CC(C)=CCc1c(O)c(CC=C(C)C)c2oc(-c3ccc(Cl)c(Cl)c3)c(O)c(=O)c2c1O. The van der Waals surface area contributed by atoms with Gasteiger partial charge in [0.05, 0.1) is 10.0 Å². The highest BCUT2D eigenvalue weighted by Gasteiger charge is 2.26. The Labute approximate surface area is 195 Å². The Morgan fingerprint density at radius 2 is 1.47 bits per heavy atom. The van der Waals surface area contributed by atoms with E-state index in [1.807, 2.05) is 39.8 Å². The molecule has 0 aliphatic rings. The summed E-state index contributed by atoms with van der Waals surface area (Å²) in [5.41, 5.74) is 2.06. The van der Waals surface area contributed by atoms with E-state index in [0.29, 0.717) is 16.1 Å². The molecule has 1 heterocycles. The second-order valence-electron chi connectivity index (χ2n) is 8.07. The van der Waals surface area contributed by atoms with Crippen molar-refractivity contribution in [2.24, 2.45) is 0 Å². The summed E-state index contributed by atoms with van der Waals surface area (Å²) in [5.74, 6) is -1.37. The van der Waals surface area contributed by atoms with Crippen molar-refractivity contribution in [3.63, 3.8) is 0 Å². The van der Waals surface area contributed by atoms with Crippen LogP contribution >= 0.6 is 23.2 Å². The Kier molecular flexibility index (Phi) is 6.91. The highest BCUT2D eigenvalue weighted by Crippen LogP contribution is 2.43. The van der Waals surface area contributed by atoms with Gasteiger partial charge in [-0.15, -0.1) is 0 Å². The van der Waals surface area contributed by atoms with Crippen molar-refractivity contribution < 1.29 is 19.7 Å². The molecule has 1 aromatic heterocycles. The lowest BCUT2D eigenvalue weighted by molar-refractivity contribution is 0.430. The molecule has 3 N–H and O–H groups in total. The van der Waals surface area contributed by atoms with E-state index in [2.05, 4.69) is 0 Å². The number of phenolic OH excluding ortho intramolecular Hbond substituents is 2. The van der Waals surface area contributed by atoms with Gasteiger partial charge in [-0.2, -0.15) is 0 Å². The smallest absolute Gasteiger partial charge is 0.238 e. The van der Waals surface area contributed by atoms with Crippen molar-refractivity contribution in [3.8, 4) is 28.6 Å². The Bertz CT molecular complexity index is 1320. The van der Waals surface area contributed by atoms with Gasteiger partial charge in [0.1, 0.15) is 22.5 Å². The van der Waals surface area contributed by atoms with E-state index in [1.54, 1.807) is 6.07 Å². The van der Waals surface area contributed by atoms with Gasteiger partial charge in [0.15, 0.2) is 5.76 Å². The standard InChI is InChI=1S/C25H24Cl2O5/c1-12(2)5-8-15-20(28)16(9-6-13(3)4)25-19(21(15)29)22(30)23(31)24(32-25)14-7-10-17(26)18(27)11-14/h5-7,10-11,28-29,31H,8-9H2,1-4H3. The molecule has 0 amide bonds. The zero-order valence-electron chi connectivity index (χ0n) is 18.2. The molecule has 3 rings (SSSR count). The molecule has 0 aliphatic heterocycles. The second kappa shape index (κ2) is 9.31. The van der Waals surface area contributed by atoms with Gasteiger partial charge < -0.3 is 19.7 Å². The van der Waals surface area contributed by atoms with Crippen molar-refractivity contribution in [2.45, 2.75) is 40.5 Å². The minimum Gasteiger partial charge on any atom is -0.507 e. The Morgan fingerprint density at radius 1 is 0.875 bits per heavy atom. The lowest BCUT2D eigenvalue weighted by Gasteiger charge is -2.15. The molecule has 7 heteroatoms. The third kappa shape index (κ3) is 4.50. The zero-order chi connectivity index (χ0) is 23.7. The number of hydrogen-bond donors (Lipinski definition) is 3. The van der Waals surface area contributed by atoms with Gasteiger partial charge in [-0.05, 0) is 58.7 Å². The minimum atomic E-state index is -0.804. The number of rotatable bonds is 5. The van der Waals surface area contributed by atoms with E-state index in [0.717, 1.165) is 11.1 Å². The molecule has 0 spiro atoms. The fraction of sp³-hybridized carbons (Fsp3) is 0.240. The van der Waals surface area contributed by atoms with Crippen LogP contribution in [0.5, 0.6) is 17.2 Å². The van der Waals surface area contributed by atoms with E-state index >= 15 is 0 Å². The largest absolute Gasteiger partial charge is 0.507 e. The van der Waals surface area contributed by atoms with Gasteiger partial charge >= 0.3 is 0 Å². The first-order valence-corrected chi connectivity index (χ1v) is 10.8. The molecule has 0 saturated heterocycles. The van der Waals surface area contributed by atoms with E-state index in [9.17, 15) is 20.1 Å². The van der Waals surface area contributed by atoms with Crippen LogP contribution in [0.2, 0.25) is 10.0 Å².